The van der Waals surface area contributed by atoms with Gasteiger partial charge >= 0.3 is 11.9 Å². The first-order valence-corrected chi connectivity index (χ1v) is 10.2. The summed E-state index contributed by atoms with van der Waals surface area (Å²) < 4.78 is 10.5. The summed E-state index contributed by atoms with van der Waals surface area (Å²) in [6.45, 7) is 3.83. The van der Waals surface area contributed by atoms with Crippen molar-refractivity contribution in [1.29, 1.82) is 0 Å². The zero-order valence-corrected chi connectivity index (χ0v) is 18.0. The predicted octanol–water partition coefficient (Wildman–Crippen LogP) is 4.69. The molecule has 32 heavy (non-hydrogen) atoms. The molecule has 0 aliphatic carbocycles. The van der Waals surface area contributed by atoms with Gasteiger partial charge in [-0.1, -0.05) is 24.3 Å². The lowest BCUT2D eigenvalue weighted by atomic mass is 10.0. The number of hydrogen-bond donors (Lipinski definition) is 4. The maximum atomic E-state index is 12.8. The zero-order chi connectivity index (χ0) is 23.1. The highest BCUT2D eigenvalue weighted by atomic mass is 16.5. The molecule has 0 atom stereocenters. The van der Waals surface area contributed by atoms with Gasteiger partial charge in [0.25, 0.3) is 0 Å². The van der Waals surface area contributed by atoms with E-state index in [1.807, 2.05) is 12.1 Å². The molecule has 3 aromatic carbocycles. The van der Waals surface area contributed by atoms with Crippen LogP contribution in [0.3, 0.4) is 0 Å². The standard InChI is InChI=1S/C24H26N4O4/c1-3-31-23(29)15-13-22(28-20-12-8-6-10-18(20)26)16(24(30)32-4-2)14-21(15)27-19-11-7-5-9-17(19)25/h5-14,27-28H,3-4,25-26H2,1-2H3. The van der Waals surface area contributed by atoms with Gasteiger partial charge in [-0.05, 0) is 50.2 Å². The first-order chi connectivity index (χ1) is 15.4. The van der Waals surface area contributed by atoms with Crippen LogP contribution in [0.2, 0.25) is 0 Å². The largest absolute Gasteiger partial charge is 0.462 e. The summed E-state index contributed by atoms with van der Waals surface area (Å²) in [6.07, 6.45) is 0. The molecule has 6 N–H and O–H groups in total. The van der Waals surface area contributed by atoms with Crippen LogP contribution in [0, 0.1) is 0 Å². The Hall–Kier alpha value is -4.20. The van der Waals surface area contributed by atoms with E-state index >= 15 is 0 Å². The van der Waals surface area contributed by atoms with E-state index in [0.717, 1.165) is 0 Å². The van der Waals surface area contributed by atoms with E-state index in [9.17, 15) is 9.59 Å². The maximum Gasteiger partial charge on any atom is 0.340 e. The fourth-order valence-corrected chi connectivity index (χ4v) is 3.07. The number of hydrogen-bond acceptors (Lipinski definition) is 8. The van der Waals surface area contributed by atoms with Gasteiger partial charge in [0.15, 0.2) is 0 Å². The molecule has 0 radical (unpaired) electrons. The molecule has 3 aromatic rings. The molecule has 8 heteroatoms. The lowest BCUT2D eigenvalue weighted by Crippen LogP contribution is -2.14. The lowest BCUT2D eigenvalue weighted by molar-refractivity contribution is 0.0513. The normalized spacial score (nSPS) is 10.3. The van der Waals surface area contributed by atoms with Gasteiger partial charge in [-0.2, -0.15) is 0 Å². The predicted molar refractivity (Wildman–Crippen MR) is 127 cm³/mol. The molecule has 0 heterocycles. The van der Waals surface area contributed by atoms with E-state index in [-0.39, 0.29) is 24.3 Å². The molecular weight excluding hydrogens is 408 g/mol. The van der Waals surface area contributed by atoms with Gasteiger partial charge < -0.3 is 31.6 Å². The molecule has 0 bridgehead atoms. The van der Waals surface area contributed by atoms with Gasteiger partial charge in [0.05, 0.1) is 58.5 Å². The number of carbonyl (C=O) groups is 2. The van der Waals surface area contributed by atoms with Crippen molar-refractivity contribution in [2.24, 2.45) is 0 Å². The summed E-state index contributed by atoms with van der Waals surface area (Å²) in [7, 11) is 0. The smallest absolute Gasteiger partial charge is 0.340 e. The van der Waals surface area contributed by atoms with E-state index in [4.69, 9.17) is 20.9 Å². The molecule has 0 aromatic heterocycles. The molecule has 8 nitrogen and oxygen atoms in total. The van der Waals surface area contributed by atoms with Crippen molar-refractivity contribution in [3.8, 4) is 0 Å². The summed E-state index contributed by atoms with van der Waals surface area (Å²) in [5.74, 6) is -1.10. The molecule has 0 unspecified atom stereocenters. The van der Waals surface area contributed by atoms with Crippen LogP contribution < -0.4 is 22.1 Å². The first-order valence-electron chi connectivity index (χ1n) is 10.2. The van der Waals surface area contributed by atoms with E-state index in [2.05, 4.69) is 10.6 Å². The number of anilines is 6. The van der Waals surface area contributed by atoms with Crippen molar-refractivity contribution < 1.29 is 19.1 Å². The number of nitrogens with one attached hydrogen (secondary N) is 2. The van der Waals surface area contributed by atoms with E-state index in [1.165, 1.54) is 12.1 Å². The Morgan fingerprint density at radius 3 is 1.41 bits per heavy atom. The quantitative estimate of drug-likeness (QED) is 0.297. The van der Waals surface area contributed by atoms with Crippen molar-refractivity contribution in [3.05, 3.63) is 71.8 Å². The first kappa shape index (κ1) is 22.5. The number of esters is 2. The van der Waals surface area contributed by atoms with Gasteiger partial charge in [0.2, 0.25) is 0 Å². The maximum absolute atomic E-state index is 12.8. The average molecular weight is 434 g/mol. The van der Waals surface area contributed by atoms with Crippen LogP contribution in [0.5, 0.6) is 0 Å². The Morgan fingerprint density at radius 1 is 0.688 bits per heavy atom. The van der Waals surface area contributed by atoms with Crippen molar-refractivity contribution in [3.63, 3.8) is 0 Å². The van der Waals surface area contributed by atoms with Crippen LogP contribution in [-0.4, -0.2) is 25.2 Å². The molecule has 166 valence electrons. The van der Waals surface area contributed by atoms with Gasteiger partial charge in [-0.25, -0.2) is 9.59 Å². The Bertz CT molecular complexity index is 1040. The number of carbonyl (C=O) groups excluding carboxylic acids is 2. The minimum atomic E-state index is -0.552. The van der Waals surface area contributed by atoms with E-state index in [0.29, 0.717) is 34.1 Å². The third-order valence-corrected chi connectivity index (χ3v) is 4.61. The van der Waals surface area contributed by atoms with Crippen molar-refractivity contribution in [2.45, 2.75) is 13.8 Å². The summed E-state index contributed by atoms with van der Waals surface area (Å²) in [5, 5.41) is 6.27. The molecule has 0 saturated carbocycles. The summed E-state index contributed by atoms with van der Waals surface area (Å²) in [5.41, 5.74) is 15.4. The number of nitrogen functional groups attached to an aromatic ring is 2. The topological polar surface area (TPSA) is 129 Å². The minimum absolute atomic E-state index is 0.194. The van der Waals surface area contributed by atoms with Gasteiger partial charge in [-0.3, -0.25) is 0 Å². The minimum Gasteiger partial charge on any atom is -0.462 e. The third kappa shape index (κ3) is 5.10. The monoisotopic (exact) mass is 434 g/mol. The van der Waals surface area contributed by atoms with E-state index < -0.39 is 11.9 Å². The fraction of sp³-hybridized carbons (Fsp3) is 0.167. The van der Waals surface area contributed by atoms with Crippen LogP contribution in [0.4, 0.5) is 34.1 Å². The highest BCUT2D eigenvalue weighted by Crippen LogP contribution is 2.33. The third-order valence-electron chi connectivity index (χ3n) is 4.61. The molecule has 0 spiro atoms. The molecule has 0 aliphatic rings. The second kappa shape index (κ2) is 10.2. The number of benzene rings is 3. The fourth-order valence-electron chi connectivity index (χ4n) is 3.07. The van der Waals surface area contributed by atoms with Crippen LogP contribution >= 0.6 is 0 Å². The van der Waals surface area contributed by atoms with Crippen LogP contribution in [0.1, 0.15) is 34.6 Å². The van der Waals surface area contributed by atoms with Crippen molar-refractivity contribution in [1.82, 2.24) is 0 Å². The van der Waals surface area contributed by atoms with Crippen molar-refractivity contribution >= 4 is 46.1 Å². The van der Waals surface area contributed by atoms with Gasteiger partial charge in [0.1, 0.15) is 0 Å². The second-order valence-electron chi connectivity index (χ2n) is 6.81. The van der Waals surface area contributed by atoms with Crippen LogP contribution in [0.25, 0.3) is 0 Å². The summed E-state index contributed by atoms with van der Waals surface area (Å²) in [4.78, 5) is 25.5. The van der Waals surface area contributed by atoms with Gasteiger partial charge in [0, 0.05) is 0 Å². The number of ether oxygens (including phenoxy) is 2. The molecule has 0 aliphatic heterocycles. The second-order valence-corrected chi connectivity index (χ2v) is 6.81. The van der Waals surface area contributed by atoms with Crippen LogP contribution in [0.15, 0.2) is 60.7 Å². The van der Waals surface area contributed by atoms with E-state index in [1.54, 1.807) is 50.2 Å². The Balaban J connectivity index is 2.15. The number of nitrogens with two attached hydrogens (primary N) is 2. The highest BCUT2D eigenvalue weighted by Gasteiger charge is 2.22. The Morgan fingerprint density at radius 2 is 1.06 bits per heavy atom. The summed E-state index contributed by atoms with van der Waals surface area (Å²) >= 11 is 0. The SMILES string of the molecule is CCOC(=O)c1cc(Nc2ccccc2N)c(C(=O)OCC)cc1Nc1ccccc1N. The Kier molecular flexibility index (Phi) is 7.17. The summed E-state index contributed by atoms with van der Waals surface area (Å²) in [6, 6.07) is 17.3. The van der Waals surface area contributed by atoms with Gasteiger partial charge in [-0.15, -0.1) is 0 Å². The zero-order valence-electron chi connectivity index (χ0n) is 18.0. The number of rotatable bonds is 8. The lowest BCUT2D eigenvalue weighted by Gasteiger charge is -2.19. The molecule has 0 fully saturated rings. The number of para-hydroxylation sites is 4. The van der Waals surface area contributed by atoms with Crippen LogP contribution in [-0.2, 0) is 9.47 Å². The highest BCUT2D eigenvalue weighted by molar-refractivity contribution is 6.05. The average Bonchev–Trinajstić information content (AvgIpc) is 2.77. The Labute approximate surface area is 186 Å². The molecular formula is C24H26N4O4. The molecule has 3 rings (SSSR count). The van der Waals surface area contributed by atoms with Crippen molar-refractivity contribution in [2.75, 3.05) is 35.3 Å². The molecule has 0 saturated heterocycles. The molecule has 0 amide bonds.